The largest absolute Gasteiger partial charge is 0.457 e. The van der Waals surface area contributed by atoms with Crippen LogP contribution in [0.4, 0.5) is 0 Å². The average molecular weight is 348 g/mol. The molecule has 1 aliphatic rings. The first-order valence-electron chi connectivity index (χ1n) is 9.09. The van der Waals surface area contributed by atoms with E-state index in [2.05, 4.69) is 37.9 Å². The topological polar surface area (TPSA) is 43.2 Å². The SMILES string of the molecule is Cc1nnc(CN2CCC(c3cccc(Oc4ccccc4)c3)C2)n1C. The third kappa shape index (κ3) is 3.63. The van der Waals surface area contributed by atoms with E-state index in [1.165, 1.54) is 5.56 Å². The van der Waals surface area contributed by atoms with Crippen molar-refractivity contribution >= 4 is 0 Å². The molecule has 4 rings (SSSR count). The second-order valence-corrected chi connectivity index (χ2v) is 6.93. The van der Waals surface area contributed by atoms with E-state index in [1.54, 1.807) is 0 Å². The Morgan fingerprint density at radius 2 is 1.85 bits per heavy atom. The van der Waals surface area contributed by atoms with Crippen LogP contribution >= 0.6 is 0 Å². The zero-order chi connectivity index (χ0) is 17.9. The minimum absolute atomic E-state index is 0.531. The van der Waals surface area contributed by atoms with Gasteiger partial charge in [-0.3, -0.25) is 4.90 Å². The van der Waals surface area contributed by atoms with Gasteiger partial charge in [0, 0.05) is 13.6 Å². The van der Waals surface area contributed by atoms with Gasteiger partial charge in [0.05, 0.1) is 6.54 Å². The lowest BCUT2D eigenvalue weighted by Crippen LogP contribution is -2.22. The van der Waals surface area contributed by atoms with E-state index in [1.807, 2.05) is 50.4 Å². The van der Waals surface area contributed by atoms with Crippen molar-refractivity contribution in [3.63, 3.8) is 0 Å². The molecule has 2 aromatic carbocycles. The summed E-state index contributed by atoms with van der Waals surface area (Å²) in [5.74, 6) is 4.29. The van der Waals surface area contributed by atoms with E-state index in [0.717, 1.165) is 49.2 Å². The summed E-state index contributed by atoms with van der Waals surface area (Å²) in [6.07, 6.45) is 1.16. The van der Waals surface area contributed by atoms with E-state index in [4.69, 9.17) is 4.74 Å². The summed E-state index contributed by atoms with van der Waals surface area (Å²) in [5, 5.41) is 8.45. The molecule has 2 heterocycles. The van der Waals surface area contributed by atoms with E-state index < -0.39 is 0 Å². The molecular formula is C21H24N4O. The summed E-state index contributed by atoms with van der Waals surface area (Å²) in [6.45, 7) is 4.97. The molecule has 1 unspecified atom stereocenters. The molecule has 5 nitrogen and oxygen atoms in total. The second-order valence-electron chi connectivity index (χ2n) is 6.93. The Morgan fingerprint density at radius 1 is 1.04 bits per heavy atom. The van der Waals surface area contributed by atoms with Crippen molar-refractivity contribution in [2.24, 2.45) is 7.05 Å². The molecule has 26 heavy (non-hydrogen) atoms. The molecule has 3 aromatic rings. The molecule has 1 fully saturated rings. The minimum atomic E-state index is 0.531. The lowest BCUT2D eigenvalue weighted by Gasteiger charge is -2.16. The van der Waals surface area contributed by atoms with Crippen LogP contribution in [0.15, 0.2) is 54.6 Å². The van der Waals surface area contributed by atoms with E-state index in [-0.39, 0.29) is 0 Å². The number of rotatable bonds is 5. The fourth-order valence-electron chi connectivity index (χ4n) is 3.49. The van der Waals surface area contributed by atoms with Gasteiger partial charge in [0.15, 0.2) is 0 Å². The molecule has 1 atom stereocenters. The molecule has 0 bridgehead atoms. The van der Waals surface area contributed by atoms with Crippen LogP contribution in [0, 0.1) is 6.92 Å². The molecule has 0 aliphatic carbocycles. The number of nitrogens with zero attached hydrogens (tertiary/aromatic N) is 4. The Bertz CT molecular complexity index is 875. The summed E-state index contributed by atoms with van der Waals surface area (Å²) < 4.78 is 8.06. The molecule has 0 radical (unpaired) electrons. The zero-order valence-electron chi connectivity index (χ0n) is 15.3. The highest BCUT2D eigenvalue weighted by Gasteiger charge is 2.25. The molecule has 1 aromatic heterocycles. The van der Waals surface area contributed by atoms with Gasteiger partial charge in [-0.15, -0.1) is 10.2 Å². The standard InChI is InChI=1S/C21H24N4O/c1-16-22-23-21(24(16)2)15-25-12-11-18(14-25)17-7-6-10-20(13-17)26-19-8-4-3-5-9-19/h3-10,13,18H,11-12,14-15H2,1-2H3. The highest BCUT2D eigenvalue weighted by atomic mass is 16.5. The van der Waals surface area contributed by atoms with Crippen molar-refractivity contribution < 1.29 is 4.74 Å². The number of aromatic nitrogens is 3. The van der Waals surface area contributed by atoms with E-state index in [9.17, 15) is 0 Å². The molecule has 1 aliphatic heterocycles. The Labute approximate surface area is 154 Å². The molecular weight excluding hydrogens is 324 g/mol. The third-order valence-corrected chi connectivity index (χ3v) is 5.13. The van der Waals surface area contributed by atoms with Gasteiger partial charge in [-0.05, 0) is 55.6 Å². The molecule has 5 heteroatoms. The molecule has 0 amide bonds. The van der Waals surface area contributed by atoms with Crippen LogP contribution in [-0.2, 0) is 13.6 Å². The lowest BCUT2D eigenvalue weighted by atomic mass is 9.98. The maximum absolute atomic E-state index is 5.98. The van der Waals surface area contributed by atoms with Gasteiger partial charge in [0.2, 0.25) is 0 Å². The summed E-state index contributed by atoms with van der Waals surface area (Å²) in [4.78, 5) is 2.46. The molecule has 0 N–H and O–H groups in total. The van der Waals surface area contributed by atoms with Gasteiger partial charge in [0.1, 0.15) is 23.1 Å². The molecule has 0 saturated carbocycles. The van der Waals surface area contributed by atoms with Gasteiger partial charge < -0.3 is 9.30 Å². The van der Waals surface area contributed by atoms with Crippen LogP contribution < -0.4 is 4.74 Å². The van der Waals surface area contributed by atoms with Crippen LogP contribution in [0.3, 0.4) is 0 Å². The van der Waals surface area contributed by atoms with Gasteiger partial charge in [-0.1, -0.05) is 30.3 Å². The van der Waals surface area contributed by atoms with Crippen molar-refractivity contribution in [1.29, 1.82) is 0 Å². The first kappa shape index (κ1) is 16.8. The van der Waals surface area contributed by atoms with E-state index in [0.29, 0.717) is 5.92 Å². The number of likely N-dealkylation sites (tertiary alicyclic amines) is 1. The number of hydrogen-bond acceptors (Lipinski definition) is 4. The first-order chi connectivity index (χ1) is 12.7. The van der Waals surface area contributed by atoms with Gasteiger partial charge in [-0.25, -0.2) is 0 Å². The first-order valence-corrected chi connectivity index (χ1v) is 9.09. The van der Waals surface area contributed by atoms with Crippen LogP contribution in [0.25, 0.3) is 0 Å². The smallest absolute Gasteiger partial charge is 0.146 e. The number of hydrogen-bond donors (Lipinski definition) is 0. The molecule has 134 valence electrons. The number of benzene rings is 2. The quantitative estimate of drug-likeness (QED) is 0.701. The van der Waals surface area contributed by atoms with Crippen molar-refractivity contribution in [1.82, 2.24) is 19.7 Å². The second kappa shape index (κ2) is 7.30. The highest BCUT2D eigenvalue weighted by Crippen LogP contribution is 2.31. The predicted molar refractivity (Wildman–Crippen MR) is 101 cm³/mol. The number of para-hydroxylation sites is 1. The maximum atomic E-state index is 5.98. The van der Waals surface area contributed by atoms with Crippen molar-refractivity contribution in [3.8, 4) is 11.5 Å². The number of ether oxygens (including phenoxy) is 1. The summed E-state index contributed by atoms with van der Waals surface area (Å²) >= 11 is 0. The molecule has 1 saturated heterocycles. The Balaban J connectivity index is 1.42. The van der Waals surface area contributed by atoms with Gasteiger partial charge in [-0.2, -0.15) is 0 Å². The fraction of sp³-hybridized carbons (Fsp3) is 0.333. The minimum Gasteiger partial charge on any atom is -0.457 e. The Hall–Kier alpha value is -2.66. The highest BCUT2D eigenvalue weighted by molar-refractivity contribution is 5.35. The van der Waals surface area contributed by atoms with E-state index >= 15 is 0 Å². The lowest BCUT2D eigenvalue weighted by molar-refractivity contribution is 0.313. The normalized spacial score (nSPS) is 17.5. The average Bonchev–Trinajstić information content (AvgIpc) is 3.25. The molecule has 0 spiro atoms. The van der Waals surface area contributed by atoms with Gasteiger partial charge >= 0.3 is 0 Å². The number of aryl methyl sites for hydroxylation is 1. The van der Waals surface area contributed by atoms with Crippen LogP contribution in [-0.4, -0.2) is 32.8 Å². The van der Waals surface area contributed by atoms with Crippen molar-refractivity contribution in [2.75, 3.05) is 13.1 Å². The summed E-state index contributed by atoms with van der Waals surface area (Å²) in [5.41, 5.74) is 1.34. The van der Waals surface area contributed by atoms with Crippen LogP contribution in [0.5, 0.6) is 11.5 Å². The monoisotopic (exact) mass is 348 g/mol. The van der Waals surface area contributed by atoms with Crippen molar-refractivity contribution in [2.45, 2.75) is 25.8 Å². The van der Waals surface area contributed by atoms with Crippen LogP contribution in [0.2, 0.25) is 0 Å². The Kier molecular flexibility index (Phi) is 4.71. The fourth-order valence-corrected chi connectivity index (χ4v) is 3.49. The maximum Gasteiger partial charge on any atom is 0.146 e. The van der Waals surface area contributed by atoms with Crippen LogP contribution in [0.1, 0.15) is 29.6 Å². The zero-order valence-corrected chi connectivity index (χ0v) is 15.3. The third-order valence-electron chi connectivity index (χ3n) is 5.13. The summed E-state index contributed by atoms with van der Waals surface area (Å²) in [7, 11) is 2.03. The van der Waals surface area contributed by atoms with Gasteiger partial charge in [0.25, 0.3) is 0 Å². The predicted octanol–water partition coefficient (Wildman–Crippen LogP) is 3.91. The Morgan fingerprint density at radius 3 is 2.62 bits per heavy atom. The summed E-state index contributed by atoms with van der Waals surface area (Å²) in [6, 6.07) is 18.4. The van der Waals surface area contributed by atoms with Crippen molar-refractivity contribution in [3.05, 3.63) is 71.8 Å².